The zero-order valence-electron chi connectivity index (χ0n) is 11.6. The van der Waals surface area contributed by atoms with Gasteiger partial charge in [0.05, 0.1) is 11.7 Å². The molecular formula is C16H24O2. The van der Waals surface area contributed by atoms with Crippen molar-refractivity contribution in [1.29, 1.82) is 0 Å². The molecule has 0 spiro atoms. The Labute approximate surface area is 110 Å². The molecule has 2 rings (SSSR count). The van der Waals surface area contributed by atoms with Gasteiger partial charge in [0, 0.05) is 0 Å². The van der Waals surface area contributed by atoms with E-state index in [1.807, 2.05) is 38.1 Å². The van der Waals surface area contributed by atoms with Crippen molar-refractivity contribution in [3.63, 3.8) is 0 Å². The highest BCUT2D eigenvalue weighted by Crippen LogP contribution is 2.45. The van der Waals surface area contributed by atoms with E-state index in [0.29, 0.717) is 5.92 Å². The van der Waals surface area contributed by atoms with Crippen LogP contribution < -0.4 is 4.74 Å². The van der Waals surface area contributed by atoms with Crippen molar-refractivity contribution in [1.82, 2.24) is 0 Å². The number of hydrogen-bond donors (Lipinski definition) is 1. The van der Waals surface area contributed by atoms with E-state index in [1.165, 1.54) is 0 Å². The SMILES string of the molecule is CCC1CCCC1(O)c1cccc(OC(C)C)c1. The van der Waals surface area contributed by atoms with Crippen LogP contribution in [0.5, 0.6) is 5.75 Å². The second kappa shape index (κ2) is 5.31. The topological polar surface area (TPSA) is 29.5 Å². The van der Waals surface area contributed by atoms with E-state index in [0.717, 1.165) is 37.0 Å². The fraction of sp³-hybridized carbons (Fsp3) is 0.625. The smallest absolute Gasteiger partial charge is 0.120 e. The Kier molecular flexibility index (Phi) is 3.96. The molecule has 1 aliphatic carbocycles. The highest BCUT2D eigenvalue weighted by atomic mass is 16.5. The van der Waals surface area contributed by atoms with Crippen molar-refractivity contribution in [2.24, 2.45) is 5.92 Å². The highest BCUT2D eigenvalue weighted by Gasteiger charge is 2.41. The largest absolute Gasteiger partial charge is 0.491 e. The molecule has 1 fully saturated rings. The summed E-state index contributed by atoms with van der Waals surface area (Å²) in [6.45, 7) is 6.20. The first-order valence-corrected chi connectivity index (χ1v) is 7.06. The second-order valence-corrected chi connectivity index (χ2v) is 5.62. The predicted molar refractivity (Wildman–Crippen MR) is 73.7 cm³/mol. The van der Waals surface area contributed by atoms with Crippen LogP contribution >= 0.6 is 0 Å². The molecule has 100 valence electrons. The van der Waals surface area contributed by atoms with Gasteiger partial charge in [-0.1, -0.05) is 25.5 Å². The van der Waals surface area contributed by atoms with Crippen LogP contribution in [0.2, 0.25) is 0 Å². The Morgan fingerprint density at radius 3 is 2.89 bits per heavy atom. The predicted octanol–water partition coefficient (Wildman–Crippen LogP) is 3.87. The molecule has 0 aromatic heterocycles. The first-order valence-electron chi connectivity index (χ1n) is 7.06. The molecule has 0 amide bonds. The zero-order chi connectivity index (χ0) is 13.2. The molecule has 0 bridgehead atoms. The van der Waals surface area contributed by atoms with Crippen molar-refractivity contribution in [2.45, 2.75) is 58.2 Å². The molecule has 1 aromatic rings. The summed E-state index contributed by atoms with van der Waals surface area (Å²) in [4.78, 5) is 0. The van der Waals surface area contributed by atoms with Crippen LogP contribution in [-0.4, -0.2) is 11.2 Å². The molecule has 0 saturated heterocycles. The summed E-state index contributed by atoms with van der Waals surface area (Å²) in [5.74, 6) is 1.24. The van der Waals surface area contributed by atoms with E-state index in [1.54, 1.807) is 0 Å². The molecule has 2 nitrogen and oxygen atoms in total. The number of aliphatic hydroxyl groups is 1. The molecule has 1 aliphatic rings. The molecule has 1 N–H and O–H groups in total. The summed E-state index contributed by atoms with van der Waals surface area (Å²) in [5, 5.41) is 10.9. The number of ether oxygens (including phenoxy) is 1. The standard InChI is InChI=1S/C16H24O2/c1-4-13-8-6-10-16(13,17)14-7-5-9-15(11-14)18-12(2)3/h5,7,9,11-13,17H,4,6,8,10H2,1-3H3. The third-order valence-electron chi connectivity index (χ3n) is 3.98. The number of hydrogen-bond acceptors (Lipinski definition) is 2. The van der Waals surface area contributed by atoms with E-state index >= 15 is 0 Å². The number of rotatable bonds is 4. The summed E-state index contributed by atoms with van der Waals surface area (Å²) in [6, 6.07) is 7.98. The molecule has 0 aliphatic heterocycles. The lowest BCUT2D eigenvalue weighted by Crippen LogP contribution is -2.29. The maximum absolute atomic E-state index is 10.9. The summed E-state index contributed by atoms with van der Waals surface area (Å²) < 4.78 is 5.72. The summed E-state index contributed by atoms with van der Waals surface area (Å²) in [7, 11) is 0. The molecule has 2 unspecified atom stereocenters. The van der Waals surface area contributed by atoms with E-state index in [2.05, 4.69) is 6.92 Å². The second-order valence-electron chi connectivity index (χ2n) is 5.62. The van der Waals surface area contributed by atoms with Gasteiger partial charge in [0.1, 0.15) is 5.75 Å². The first-order chi connectivity index (χ1) is 8.56. The molecule has 0 heterocycles. The lowest BCUT2D eigenvalue weighted by Gasteiger charge is -2.30. The van der Waals surface area contributed by atoms with Gasteiger partial charge in [-0.25, -0.2) is 0 Å². The molecule has 18 heavy (non-hydrogen) atoms. The fourth-order valence-electron chi connectivity index (χ4n) is 3.09. The Hall–Kier alpha value is -1.02. The molecule has 1 aromatic carbocycles. The van der Waals surface area contributed by atoms with Gasteiger partial charge in [0.25, 0.3) is 0 Å². The molecule has 1 saturated carbocycles. The Morgan fingerprint density at radius 2 is 2.22 bits per heavy atom. The van der Waals surface area contributed by atoms with Crippen molar-refractivity contribution in [3.8, 4) is 5.75 Å². The normalized spacial score (nSPS) is 27.7. The van der Waals surface area contributed by atoms with Crippen LogP contribution in [-0.2, 0) is 5.60 Å². The van der Waals surface area contributed by atoms with Crippen LogP contribution in [0.1, 0.15) is 52.0 Å². The van der Waals surface area contributed by atoms with Gasteiger partial charge >= 0.3 is 0 Å². The van der Waals surface area contributed by atoms with Gasteiger partial charge in [0.2, 0.25) is 0 Å². The first kappa shape index (κ1) is 13.4. The average molecular weight is 248 g/mol. The molecular weight excluding hydrogens is 224 g/mol. The third kappa shape index (κ3) is 2.54. The van der Waals surface area contributed by atoms with Crippen LogP contribution in [0, 0.1) is 5.92 Å². The van der Waals surface area contributed by atoms with Crippen molar-refractivity contribution in [3.05, 3.63) is 29.8 Å². The average Bonchev–Trinajstić information content (AvgIpc) is 2.71. The summed E-state index contributed by atoms with van der Waals surface area (Å²) >= 11 is 0. The Morgan fingerprint density at radius 1 is 1.44 bits per heavy atom. The van der Waals surface area contributed by atoms with Gasteiger partial charge in [0.15, 0.2) is 0 Å². The minimum atomic E-state index is -0.648. The summed E-state index contributed by atoms with van der Waals surface area (Å²) in [6.07, 6.45) is 4.31. The van der Waals surface area contributed by atoms with Crippen LogP contribution in [0.3, 0.4) is 0 Å². The van der Waals surface area contributed by atoms with E-state index < -0.39 is 5.60 Å². The van der Waals surface area contributed by atoms with E-state index in [-0.39, 0.29) is 6.10 Å². The maximum atomic E-state index is 10.9. The quantitative estimate of drug-likeness (QED) is 0.876. The lowest BCUT2D eigenvalue weighted by molar-refractivity contribution is -0.00413. The number of benzene rings is 1. The van der Waals surface area contributed by atoms with Crippen LogP contribution in [0.15, 0.2) is 24.3 Å². The van der Waals surface area contributed by atoms with Crippen molar-refractivity contribution >= 4 is 0 Å². The Balaban J connectivity index is 2.27. The van der Waals surface area contributed by atoms with E-state index in [9.17, 15) is 5.11 Å². The lowest BCUT2D eigenvalue weighted by atomic mass is 9.82. The molecule has 2 atom stereocenters. The van der Waals surface area contributed by atoms with Gasteiger partial charge in [-0.2, -0.15) is 0 Å². The van der Waals surface area contributed by atoms with Gasteiger partial charge < -0.3 is 9.84 Å². The van der Waals surface area contributed by atoms with E-state index in [4.69, 9.17) is 4.74 Å². The molecule has 0 radical (unpaired) electrons. The third-order valence-corrected chi connectivity index (χ3v) is 3.98. The van der Waals surface area contributed by atoms with Gasteiger partial charge in [-0.15, -0.1) is 0 Å². The van der Waals surface area contributed by atoms with Crippen LogP contribution in [0.25, 0.3) is 0 Å². The molecule has 2 heteroatoms. The van der Waals surface area contributed by atoms with Gasteiger partial charge in [-0.05, 0) is 56.7 Å². The minimum Gasteiger partial charge on any atom is -0.491 e. The minimum absolute atomic E-state index is 0.167. The van der Waals surface area contributed by atoms with Gasteiger partial charge in [-0.3, -0.25) is 0 Å². The Bertz CT molecular complexity index is 400. The van der Waals surface area contributed by atoms with Crippen molar-refractivity contribution in [2.75, 3.05) is 0 Å². The van der Waals surface area contributed by atoms with Crippen LogP contribution in [0.4, 0.5) is 0 Å². The zero-order valence-corrected chi connectivity index (χ0v) is 11.6. The summed E-state index contributed by atoms with van der Waals surface area (Å²) in [5.41, 5.74) is 0.371. The van der Waals surface area contributed by atoms with Crippen molar-refractivity contribution < 1.29 is 9.84 Å². The maximum Gasteiger partial charge on any atom is 0.120 e. The monoisotopic (exact) mass is 248 g/mol. The fourth-order valence-corrected chi connectivity index (χ4v) is 3.09. The highest BCUT2D eigenvalue weighted by molar-refractivity contribution is 5.33.